The van der Waals surface area contributed by atoms with Crippen LogP contribution in [0.3, 0.4) is 0 Å². The lowest BCUT2D eigenvalue weighted by Gasteiger charge is -2.34. The number of halogens is 2. The van der Waals surface area contributed by atoms with E-state index in [2.05, 4.69) is 11.4 Å². The van der Waals surface area contributed by atoms with Crippen LogP contribution in [-0.4, -0.2) is 35.4 Å². The number of nitrogens with zero attached hydrogens (tertiary/aromatic N) is 1. The first-order chi connectivity index (χ1) is 19.2. The number of benzene rings is 3. The standard InChI is InChI=1S/C33H38Cl2N2O3/c1-22-17-23(2)24(3)31(18-22)40-21-32(38)37(20-27-28(34)15-10-16-29(27)35)30(19-25-11-6-4-7-12-25)33(39)36-26-13-8-5-9-14-26/h4,6-7,10-12,15-18,26,30H,5,8-9,13-14,19-21H2,1-3H3,(H,36,39). The van der Waals surface area contributed by atoms with Crippen LogP contribution in [0, 0.1) is 20.8 Å². The number of carbonyl (C=O) groups is 2. The molecule has 0 saturated heterocycles. The number of ether oxygens (including phenoxy) is 1. The molecule has 0 spiro atoms. The van der Waals surface area contributed by atoms with Gasteiger partial charge in [-0.3, -0.25) is 9.59 Å². The van der Waals surface area contributed by atoms with Gasteiger partial charge in [0.15, 0.2) is 6.61 Å². The maximum Gasteiger partial charge on any atom is 0.261 e. The Kier molecular flexibility index (Phi) is 10.5. The fourth-order valence-corrected chi connectivity index (χ4v) is 5.84. The van der Waals surface area contributed by atoms with E-state index in [0.717, 1.165) is 47.9 Å². The van der Waals surface area contributed by atoms with Crippen LogP contribution in [0.4, 0.5) is 0 Å². The van der Waals surface area contributed by atoms with Crippen molar-refractivity contribution in [2.75, 3.05) is 6.61 Å². The first-order valence-corrected chi connectivity index (χ1v) is 14.8. The summed E-state index contributed by atoms with van der Waals surface area (Å²) in [5, 5.41) is 4.14. The monoisotopic (exact) mass is 580 g/mol. The zero-order valence-electron chi connectivity index (χ0n) is 23.5. The van der Waals surface area contributed by atoms with Gasteiger partial charge in [0.1, 0.15) is 11.8 Å². The highest BCUT2D eigenvalue weighted by molar-refractivity contribution is 6.36. The number of carbonyl (C=O) groups excluding carboxylic acids is 2. The van der Waals surface area contributed by atoms with Crippen LogP contribution in [0.25, 0.3) is 0 Å². The normalized spacial score (nSPS) is 14.4. The van der Waals surface area contributed by atoms with Gasteiger partial charge in [0, 0.05) is 34.6 Å². The van der Waals surface area contributed by atoms with Gasteiger partial charge in [-0.2, -0.15) is 0 Å². The Labute approximate surface area is 247 Å². The topological polar surface area (TPSA) is 58.6 Å². The van der Waals surface area contributed by atoms with E-state index < -0.39 is 6.04 Å². The summed E-state index contributed by atoms with van der Waals surface area (Å²) in [6, 6.07) is 18.4. The zero-order valence-corrected chi connectivity index (χ0v) is 25.0. The second-order valence-corrected chi connectivity index (χ2v) is 11.6. The van der Waals surface area contributed by atoms with Crippen LogP contribution >= 0.6 is 23.2 Å². The molecule has 0 aromatic heterocycles. The molecule has 3 aromatic carbocycles. The minimum absolute atomic E-state index is 0.0854. The van der Waals surface area contributed by atoms with Crippen molar-refractivity contribution >= 4 is 35.0 Å². The smallest absolute Gasteiger partial charge is 0.261 e. The molecule has 1 N–H and O–H groups in total. The van der Waals surface area contributed by atoms with Gasteiger partial charge in [-0.05, 0) is 74.1 Å². The fraction of sp³-hybridized carbons (Fsp3) is 0.394. The van der Waals surface area contributed by atoms with E-state index in [0.29, 0.717) is 27.8 Å². The third-order valence-corrected chi connectivity index (χ3v) is 8.44. The summed E-state index contributed by atoms with van der Waals surface area (Å²) in [5.74, 6) is 0.178. The molecule has 1 fully saturated rings. The van der Waals surface area contributed by atoms with Crippen molar-refractivity contribution < 1.29 is 14.3 Å². The number of hydrogen-bond acceptors (Lipinski definition) is 3. The predicted molar refractivity (Wildman–Crippen MR) is 162 cm³/mol. The number of rotatable bonds is 10. The van der Waals surface area contributed by atoms with Crippen molar-refractivity contribution in [1.82, 2.24) is 10.2 Å². The van der Waals surface area contributed by atoms with Crippen LogP contribution in [-0.2, 0) is 22.6 Å². The van der Waals surface area contributed by atoms with Crippen molar-refractivity contribution in [2.24, 2.45) is 0 Å². The highest BCUT2D eigenvalue weighted by atomic mass is 35.5. The third kappa shape index (κ3) is 7.80. The minimum atomic E-state index is -0.770. The molecule has 40 heavy (non-hydrogen) atoms. The van der Waals surface area contributed by atoms with Crippen LogP contribution in [0.2, 0.25) is 10.0 Å². The molecule has 4 rings (SSSR count). The Hall–Kier alpha value is -3.02. The molecule has 1 unspecified atom stereocenters. The van der Waals surface area contributed by atoms with Crippen LogP contribution in [0.5, 0.6) is 5.75 Å². The summed E-state index contributed by atoms with van der Waals surface area (Å²) in [4.78, 5) is 29.5. The molecule has 0 heterocycles. The van der Waals surface area contributed by atoms with E-state index in [1.165, 1.54) is 6.42 Å². The van der Waals surface area contributed by atoms with Crippen molar-refractivity contribution in [3.8, 4) is 5.75 Å². The minimum Gasteiger partial charge on any atom is -0.483 e. The molecule has 0 aliphatic heterocycles. The Morgan fingerprint density at radius 2 is 1.62 bits per heavy atom. The number of amides is 2. The predicted octanol–water partition coefficient (Wildman–Crippen LogP) is 7.39. The number of nitrogens with one attached hydrogen (secondary N) is 1. The average Bonchev–Trinajstić information content (AvgIpc) is 2.94. The van der Waals surface area contributed by atoms with Gasteiger partial charge in [-0.1, -0.05) is 84.9 Å². The lowest BCUT2D eigenvalue weighted by Crippen LogP contribution is -2.53. The van der Waals surface area contributed by atoms with Crippen molar-refractivity contribution in [3.05, 3.63) is 98.5 Å². The second kappa shape index (κ2) is 14.0. The lowest BCUT2D eigenvalue weighted by atomic mass is 9.94. The molecule has 3 aromatic rings. The molecule has 1 saturated carbocycles. The summed E-state index contributed by atoms with van der Waals surface area (Å²) in [6.07, 6.45) is 5.62. The second-order valence-electron chi connectivity index (χ2n) is 10.8. The summed E-state index contributed by atoms with van der Waals surface area (Å²) >= 11 is 13.1. The summed E-state index contributed by atoms with van der Waals surface area (Å²) in [7, 11) is 0. The number of hydrogen-bond donors (Lipinski definition) is 1. The molecular weight excluding hydrogens is 543 g/mol. The maximum atomic E-state index is 14.0. The Bertz CT molecular complexity index is 1300. The first-order valence-electron chi connectivity index (χ1n) is 14.0. The number of aryl methyl sites for hydroxylation is 2. The van der Waals surface area contributed by atoms with E-state index in [1.54, 1.807) is 23.1 Å². The molecule has 1 aliphatic rings. The van der Waals surface area contributed by atoms with Crippen LogP contribution < -0.4 is 10.1 Å². The maximum absolute atomic E-state index is 14.0. The van der Waals surface area contributed by atoms with Gasteiger partial charge < -0.3 is 15.0 Å². The van der Waals surface area contributed by atoms with E-state index in [1.807, 2.05) is 57.2 Å². The van der Waals surface area contributed by atoms with Crippen molar-refractivity contribution in [3.63, 3.8) is 0 Å². The highest BCUT2D eigenvalue weighted by Crippen LogP contribution is 2.28. The summed E-state index contributed by atoms with van der Waals surface area (Å²) < 4.78 is 6.08. The van der Waals surface area contributed by atoms with Gasteiger partial charge in [0.2, 0.25) is 5.91 Å². The van der Waals surface area contributed by atoms with Crippen LogP contribution in [0.1, 0.15) is 59.9 Å². The molecule has 7 heteroatoms. The molecule has 212 valence electrons. The van der Waals surface area contributed by atoms with Gasteiger partial charge in [0.05, 0.1) is 0 Å². The molecule has 0 radical (unpaired) electrons. The average molecular weight is 582 g/mol. The summed E-state index contributed by atoms with van der Waals surface area (Å²) in [5.41, 5.74) is 4.69. The molecule has 5 nitrogen and oxygen atoms in total. The molecule has 1 aliphatic carbocycles. The Morgan fingerprint density at radius 1 is 0.950 bits per heavy atom. The van der Waals surface area contributed by atoms with E-state index >= 15 is 0 Å². The van der Waals surface area contributed by atoms with Crippen LogP contribution in [0.15, 0.2) is 60.7 Å². The summed E-state index contributed by atoms with van der Waals surface area (Å²) in [6.45, 7) is 5.87. The molecular formula is C33H38Cl2N2O3. The molecule has 0 bridgehead atoms. The third-order valence-electron chi connectivity index (χ3n) is 7.73. The quantitative estimate of drug-likeness (QED) is 0.272. The zero-order chi connectivity index (χ0) is 28.6. The van der Waals surface area contributed by atoms with Gasteiger partial charge in [-0.25, -0.2) is 0 Å². The largest absolute Gasteiger partial charge is 0.483 e. The van der Waals surface area contributed by atoms with Gasteiger partial charge in [0.25, 0.3) is 5.91 Å². The molecule has 1 atom stereocenters. The van der Waals surface area contributed by atoms with Gasteiger partial charge >= 0.3 is 0 Å². The fourth-order valence-electron chi connectivity index (χ4n) is 5.33. The first kappa shape index (κ1) is 30.0. The SMILES string of the molecule is Cc1cc(C)c(C)c(OCC(=O)N(Cc2c(Cl)cccc2Cl)C(Cc2ccccc2)C(=O)NC2CCCCC2)c1. The van der Waals surface area contributed by atoms with E-state index in [4.69, 9.17) is 27.9 Å². The van der Waals surface area contributed by atoms with Gasteiger partial charge in [-0.15, -0.1) is 0 Å². The van der Waals surface area contributed by atoms with E-state index in [-0.39, 0.29) is 31.0 Å². The van der Waals surface area contributed by atoms with Crippen molar-refractivity contribution in [1.29, 1.82) is 0 Å². The highest BCUT2D eigenvalue weighted by Gasteiger charge is 2.33. The lowest BCUT2D eigenvalue weighted by molar-refractivity contribution is -0.143. The Balaban J connectivity index is 1.67. The Morgan fingerprint density at radius 3 is 2.30 bits per heavy atom. The van der Waals surface area contributed by atoms with E-state index in [9.17, 15) is 9.59 Å². The molecule has 2 amide bonds. The van der Waals surface area contributed by atoms with Crippen molar-refractivity contribution in [2.45, 2.75) is 77.9 Å².